The second kappa shape index (κ2) is 11.7. The number of aryl methyl sites for hydroxylation is 2. The Hall–Kier alpha value is -1.83. The van der Waals surface area contributed by atoms with Gasteiger partial charge in [-0.1, -0.05) is 79.5 Å². The Labute approximate surface area is 161 Å². The Bertz CT molecular complexity index is 628. The Morgan fingerprint density at radius 3 is 2.00 bits per heavy atom. The minimum Gasteiger partial charge on any atom is -0.464 e. The van der Waals surface area contributed by atoms with Crippen LogP contribution >= 0.6 is 0 Å². The highest BCUT2D eigenvalue weighted by atomic mass is 16.3. The number of carbonyl (C=O) groups is 1. The zero-order valence-corrected chi connectivity index (χ0v) is 18.1. The molecule has 0 saturated heterocycles. The molecule has 1 aromatic carbocycles. The molecular weight excluding hydrogens is 320 g/mol. The highest BCUT2D eigenvalue weighted by Gasteiger charge is 2.15. The summed E-state index contributed by atoms with van der Waals surface area (Å²) < 4.78 is 5.65. The lowest BCUT2D eigenvalue weighted by Crippen LogP contribution is -2.11. The van der Waals surface area contributed by atoms with Crippen molar-refractivity contribution < 1.29 is 9.21 Å². The highest BCUT2D eigenvalue weighted by Crippen LogP contribution is 2.30. The molecule has 0 aliphatic heterocycles. The van der Waals surface area contributed by atoms with Gasteiger partial charge in [-0.3, -0.25) is 0 Å². The molecule has 1 aliphatic rings. The third kappa shape index (κ3) is 8.03. The van der Waals surface area contributed by atoms with Gasteiger partial charge in [0.2, 0.25) is 0 Å². The van der Waals surface area contributed by atoms with Crippen molar-refractivity contribution in [1.82, 2.24) is 0 Å². The molecule has 2 nitrogen and oxygen atoms in total. The third-order valence-electron chi connectivity index (χ3n) is 4.29. The van der Waals surface area contributed by atoms with Crippen LogP contribution in [0.25, 0.3) is 11.3 Å². The number of rotatable bonds is 2. The maximum Gasteiger partial charge on any atom is 0.134 e. The van der Waals surface area contributed by atoms with E-state index in [9.17, 15) is 0 Å². The maximum atomic E-state index is 8.00. The van der Waals surface area contributed by atoms with Crippen LogP contribution in [-0.4, -0.2) is 6.79 Å². The van der Waals surface area contributed by atoms with Crippen LogP contribution in [0.3, 0.4) is 0 Å². The van der Waals surface area contributed by atoms with Gasteiger partial charge in [0.05, 0.1) is 6.26 Å². The summed E-state index contributed by atoms with van der Waals surface area (Å²) in [7, 11) is 0. The number of carbonyl (C=O) groups excluding carboxylic acids is 1. The fraction of sp³-hybridized carbons (Fsp3) is 0.542. The first-order valence-corrected chi connectivity index (χ1v) is 9.79. The lowest BCUT2D eigenvalue weighted by Gasteiger charge is -2.20. The number of hydrogen-bond acceptors (Lipinski definition) is 2. The van der Waals surface area contributed by atoms with Crippen molar-refractivity contribution >= 4 is 6.79 Å². The predicted octanol–water partition coefficient (Wildman–Crippen LogP) is 7.37. The molecule has 1 heterocycles. The molecule has 0 N–H and O–H groups in total. The minimum atomic E-state index is 0.195. The fourth-order valence-electron chi connectivity index (χ4n) is 2.28. The smallest absolute Gasteiger partial charge is 0.134 e. The Balaban J connectivity index is 0.000000660. The summed E-state index contributed by atoms with van der Waals surface area (Å²) in [5.74, 6) is 2.06. The van der Waals surface area contributed by atoms with E-state index >= 15 is 0 Å². The fourth-order valence-corrected chi connectivity index (χ4v) is 2.28. The maximum absolute atomic E-state index is 8.00. The molecule has 2 aromatic rings. The minimum absolute atomic E-state index is 0.195. The molecule has 1 fully saturated rings. The summed E-state index contributed by atoms with van der Waals surface area (Å²) in [5, 5.41) is 0. The monoisotopic (exact) mass is 358 g/mol. The molecular formula is C24H38O2. The normalized spacial score (nSPS) is 12.6. The summed E-state index contributed by atoms with van der Waals surface area (Å²) in [6.07, 6.45) is 5.84. The molecule has 0 radical (unpaired) electrons. The van der Waals surface area contributed by atoms with E-state index in [-0.39, 0.29) is 5.41 Å². The Kier molecular flexibility index (Phi) is 10.9. The van der Waals surface area contributed by atoms with Gasteiger partial charge in [0.15, 0.2) is 0 Å². The Morgan fingerprint density at radius 1 is 1.12 bits per heavy atom. The summed E-state index contributed by atoms with van der Waals surface area (Å²) in [4.78, 5) is 8.00. The molecule has 3 rings (SSSR count). The molecule has 1 aromatic heterocycles. The van der Waals surface area contributed by atoms with E-state index in [1.807, 2.05) is 26.9 Å². The molecule has 146 valence electrons. The van der Waals surface area contributed by atoms with E-state index in [0.717, 1.165) is 18.1 Å². The number of furan rings is 1. The van der Waals surface area contributed by atoms with Gasteiger partial charge in [-0.05, 0) is 47.4 Å². The third-order valence-corrected chi connectivity index (χ3v) is 4.29. The van der Waals surface area contributed by atoms with Crippen molar-refractivity contribution in [3.8, 4) is 11.3 Å². The average molecular weight is 359 g/mol. The van der Waals surface area contributed by atoms with Gasteiger partial charge < -0.3 is 9.21 Å². The van der Waals surface area contributed by atoms with Gasteiger partial charge in [-0.2, -0.15) is 0 Å². The standard InChI is InChI=1S/C17H22O.C4H8.C2H6.CH2O/c1-6-13-10-16(18-11-13)15-8-7-14(9-12(15)2)17(3,4)5;1-4-2-3-4;2*1-2/h7-11H,6H2,1-5H3;4H,2-3H2,1H3;1-2H3;1H2. The van der Waals surface area contributed by atoms with Crippen molar-refractivity contribution in [1.29, 1.82) is 0 Å². The van der Waals surface area contributed by atoms with Crippen LogP contribution in [0.15, 0.2) is 34.9 Å². The molecule has 1 aliphatic carbocycles. The predicted molar refractivity (Wildman–Crippen MR) is 114 cm³/mol. The number of benzene rings is 1. The molecule has 0 unspecified atom stereocenters. The molecule has 1 saturated carbocycles. The van der Waals surface area contributed by atoms with E-state index in [1.54, 1.807) is 0 Å². The summed E-state index contributed by atoms with van der Waals surface area (Å²) in [6, 6.07) is 8.78. The summed E-state index contributed by atoms with van der Waals surface area (Å²) in [5.41, 5.74) is 5.29. The molecule has 0 bridgehead atoms. The molecule has 0 amide bonds. The zero-order valence-electron chi connectivity index (χ0n) is 18.1. The highest BCUT2D eigenvalue weighted by molar-refractivity contribution is 5.63. The van der Waals surface area contributed by atoms with E-state index < -0.39 is 0 Å². The molecule has 0 atom stereocenters. The van der Waals surface area contributed by atoms with E-state index in [4.69, 9.17) is 9.21 Å². The van der Waals surface area contributed by atoms with Crippen molar-refractivity contribution in [2.45, 2.75) is 80.1 Å². The quantitative estimate of drug-likeness (QED) is 0.561. The first-order valence-electron chi connectivity index (χ1n) is 9.79. The van der Waals surface area contributed by atoms with Crippen molar-refractivity contribution in [2.24, 2.45) is 5.92 Å². The SMILES string of the molecule is C=O.CC.CC1CC1.CCc1coc(-c2ccc(C(C)(C)C)cc2C)c1. The van der Waals surface area contributed by atoms with Crippen molar-refractivity contribution in [2.75, 3.05) is 0 Å². The summed E-state index contributed by atoms with van der Waals surface area (Å²) >= 11 is 0. The van der Waals surface area contributed by atoms with E-state index in [2.05, 4.69) is 65.8 Å². The van der Waals surface area contributed by atoms with Crippen LogP contribution in [0.5, 0.6) is 0 Å². The van der Waals surface area contributed by atoms with Crippen LogP contribution in [0.2, 0.25) is 0 Å². The van der Waals surface area contributed by atoms with Gasteiger partial charge in [-0.25, -0.2) is 0 Å². The first-order chi connectivity index (χ1) is 12.3. The van der Waals surface area contributed by atoms with E-state index in [1.165, 1.54) is 35.1 Å². The molecule has 26 heavy (non-hydrogen) atoms. The van der Waals surface area contributed by atoms with Crippen LogP contribution in [0, 0.1) is 12.8 Å². The van der Waals surface area contributed by atoms with Gasteiger partial charge >= 0.3 is 0 Å². The zero-order chi connectivity index (χ0) is 20.3. The largest absolute Gasteiger partial charge is 0.464 e. The van der Waals surface area contributed by atoms with Crippen molar-refractivity contribution in [3.63, 3.8) is 0 Å². The molecule has 0 spiro atoms. The first kappa shape index (κ1) is 24.2. The lowest BCUT2D eigenvalue weighted by atomic mass is 9.85. The topological polar surface area (TPSA) is 30.2 Å². The number of hydrogen-bond donors (Lipinski definition) is 0. The van der Waals surface area contributed by atoms with Crippen LogP contribution in [0.1, 0.15) is 78.0 Å². The Morgan fingerprint density at radius 2 is 1.65 bits per heavy atom. The van der Waals surface area contributed by atoms with Gasteiger partial charge in [0.1, 0.15) is 12.5 Å². The molecule has 2 heteroatoms. The van der Waals surface area contributed by atoms with Gasteiger partial charge in [0, 0.05) is 5.56 Å². The van der Waals surface area contributed by atoms with Gasteiger partial charge in [0.25, 0.3) is 0 Å². The second-order valence-corrected chi connectivity index (χ2v) is 7.63. The average Bonchev–Trinajstić information content (AvgIpc) is 3.27. The van der Waals surface area contributed by atoms with Crippen LogP contribution < -0.4 is 0 Å². The van der Waals surface area contributed by atoms with Crippen LogP contribution in [0.4, 0.5) is 0 Å². The lowest BCUT2D eigenvalue weighted by molar-refractivity contribution is -0.0979. The van der Waals surface area contributed by atoms with Crippen LogP contribution in [-0.2, 0) is 16.6 Å². The van der Waals surface area contributed by atoms with Gasteiger partial charge in [-0.15, -0.1) is 0 Å². The second-order valence-electron chi connectivity index (χ2n) is 7.63. The van der Waals surface area contributed by atoms with E-state index in [0.29, 0.717) is 0 Å². The van der Waals surface area contributed by atoms with Crippen molar-refractivity contribution in [3.05, 3.63) is 47.2 Å². The summed E-state index contributed by atoms with van der Waals surface area (Å²) in [6.45, 7) is 19.3.